The first-order valence-electron chi connectivity index (χ1n) is 13.1. The van der Waals surface area contributed by atoms with Crippen LogP contribution in [0.2, 0.25) is 0 Å². The molecule has 1 aliphatic heterocycles. The van der Waals surface area contributed by atoms with E-state index >= 15 is 0 Å². The number of fused-ring (bicyclic) bond motifs is 1. The van der Waals surface area contributed by atoms with Gasteiger partial charge in [0.05, 0.1) is 12.2 Å². The SMILES string of the molecule is Cc1cccc(C[C@@H](O)C=C[C@@H]2[C@H]3CC(CCCCCCN4CCCC4)=C[C@H]3C[C@H]2O)c1. The van der Waals surface area contributed by atoms with Gasteiger partial charge in [0.15, 0.2) is 0 Å². The molecule has 176 valence electrons. The Hall–Kier alpha value is -1.42. The zero-order valence-corrected chi connectivity index (χ0v) is 20.0. The Morgan fingerprint density at radius 2 is 1.94 bits per heavy atom. The molecule has 0 bridgehead atoms. The Balaban J connectivity index is 1.17. The highest BCUT2D eigenvalue weighted by Crippen LogP contribution is 2.48. The summed E-state index contributed by atoms with van der Waals surface area (Å²) in [4.78, 5) is 2.62. The fourth-order valence-corrected chi connectivity index (χ4v) is 6.24. The van der Waals surface area contributed by atoms with E-state index in [0.29, 0.717) is 18.3 Å². The molecule has 4 rings (SSSR count). The molecule has 0 aromatic heterocycles. The summed E-state index contributed by atoms with van der Waals surface area (Å²) in [6.45, 7) is 6.02. The van der Waals surface area contributed by atoms with Crippen LogP contribution in [-0.4, -0.2) is 47.0 Å². The third-order valence-electron chi connectivity index (χ3n) is 7.95. The summed E-state index contributed by atoms with van der Waals surface area (Å²) in [5.74, 6) is 1.23. The van der Waals surface area contributed by atoms with E-state index in [1.54, 1.807) is 5.57 Å². The molecule has 0 unspecified atom stereocenters. The van der Waals surface area contributed by atoms with Crippen molar-refractivity contribution in [3.63, 3.8) is 0 Å². The van der Waals surface area contributed by atoms with Gasteiger partial charge < -0.3 is 15.1 Å². The van der Waals surface area contributed by atoms with E-state index in [-0.39, 0.29) is 12.0 Å². The van der Waals surface area contributed by atoms with Gasteiger partial charge in [-0.1, -0.05) is 66.5 Å². The minimum absolute atomic E-state index is 0.182. The van der Waals surface area contributed by atoms with E-state index in [0.717, 1.165) is 18.4 Å². The van der Waals surface area contributed by atoms with Gasteiger partial charge in [0, 0.05) is 12.3 Å². The van der Waals surface area contributed by atoms with Gasteiger partial charge in [-0.05, 0) is 88.9 Å². The van der Waals surface area contributed by atoms with Crippen molar-refractivity contribution in [1.29, 1.82) is 0 Å². The largest absolute Gasteiger partial charge is 0.392 e. The zero-order chi connectivity index (χ0) is 22.3. The highest BCUT2D eigenvalue weighted by molar-refractivity contribution is 5.24. The van der Waals surface area contributed by atoms with Gasteiger partial charge in [0.25, 0.3) is 0 Å². The van der Waals surface area contributed by atoms with Crippen LogP contribution >= 0.6 is 0 Å². The molecule has 0 radical (unpaired) electrons. The molecule has 2 aliphatic carbocycles. The molecule has 1 heterocycles. The lowest BCUT2D eigenvalue weighted by molar-refractivity contribution is 0.140. The number of aliphatic hydroxyl groups excluding tert-OH is 2. The maximum atomic E-state index is 10.6. The Labute approximate surface area is 195 Å². The number of unbranched alkanes of at least 4 members (excludes halogenated alkanes) is 3. The lowest BCUT2D eigenvalue weighted by atomic mass is 9.88. The highest BCUT2D eigenvalue weighted by atomic mass is 16.3. The number of aryl methyl sites for hydroxylation is 1. The lowest BCUT2D eigenvalue weighted by Gasteiger charge is -2.19. The Bertz CT molecular complexity index is 779. The fraction of sp³-hybridized carbons (Fsp3) is 0.655. The van der Waals surface area contributed by atoms with Crippen LogP contribution in [0.3, 0.4) is 0 Å². The number of hydrogen-bond acceptors (Lipinski definition) is 3. The van der Waals surface area contributed by atoms with Gasteiger partial charge >= 0.3 is 0 Å². The second kappa shape index (κ2) is 11.6. The average molecular weight is 438 g/mol. The molecule has 3 nitrogen and oxygen atoms in total. The van der Waals surface area contributed by atoms with Crippen molar-refractivity contribution in [2.24, 2.45) is 17.8 Å². The summed E-state index contributed by atoms with van der Waals surface area (Å²) < 4.78 is 0. The summed E-state index contributed by atoms with van der Waals surface area (Å²) in [6, 6.07) is 8.34. The maximum absolute atomic E-state index is 10.6. The van der Waals surface area contributed by atoms with Crippen LogP contribution in [0.15, 0.2) is 48.1 Å². The van der Waals surface area contributed by atoms with Crippen molar-refractivity contribution in [1.82, 2.24) is 4.90 Å². The molecule has 32 heavy (non-hydrogen) atoms. The number of nitrogens with zero attached hydrogens (tertiary/aromatic N) is 1. The number of allylic oxidation sites excluding steroid dienone is 2. The molecule has 2 fully saturated rings. The number of benzene rings is 1. The van der Waals surface area contributed by atoms with E-state index in [9.17, 15) is 10.2 Å². The molecule has 5 atom stereocenters. The zero-order valence-electron chi connectivity index (χ0n) is 20.0. The second-order valence-electron chi connectivity index (χ2n) is 10.6. The smallest absolute Gasteiger partial charge is 0.0761 e. The number of aliphatic hydroxyl groups is 2. The quantitative estimate of drug-likeness (QED) is 0.358. The molecule has 1 aromatic rings. The minimum Gasteiger partial charge on any atom is -0.392 e. The fourth-order valence-electron chi connectivity index (χ4n) is 6.24. The summed E-state index contributed by atoms with van der Waals surface area (Å²) in [7, 11) is 0. The topological polar surface area (TPSA) is 43.7 Å². The molecule has 0 amide bonds. The van der Waals surface area contributed by atoms with Gasteiger partial charge in [-0.25, -0.2) is 0 Å². The molecule has 2 N–H and O–H groups in total. The van der Waals surface area contributed by atoms with Gasteiger partial charge in [0.2, 0.25) is 0 Å². The van der Waals surface area contributed by atoms with E-state index in [4.69, 9.17) is 0 Å². The normalized spacial score (nSPS) is 29.0. The van der Waals surface area contributed by atoms with E-state index in [2.05, 4.69) is 42.2 Å². The Kier molecular flexibility index (Phi) is 8.62. The molecule has 0 spiro atoms. The predicted molar refractivity (Wildman–Crippen MR) is 133 cm³/mol. The van der Waals surface area contributed by atoms with Gasteiger partial charge in [-0.2, -0.15) is 0 Å². The monoisotopic (exact) mass is 437 g/mol. The third kappa shape index (κ3) is 6.56. The van der Waals surface area contributed by atoms with Crippen molar-refractivity contribution >= 4 is 0 Å². The van der Waals surface area contributed by atoms with E-state index in [1.807, 2.05) is 12.1 Å². The van der Waals surface area contributed by atoms with Crippen LogP contribution in [0.1, 0.15) is 68.9 Å². The first-order chi connectivity index (χ1) is 15.6. The molecule has 1 saturated heterocycles. The molecule has 3 heteroatoms. The van der Waals surface area contributed by atoms with Crippen molar-refractivity contribution < 1.29 is 10.2 Å². The van der Waals surface area contributed by atoms with Crippen LogP contribution in [-0.2, 0) is 6.42 Å². The molecular weight excluding hydrogens is 394 g/mol. The summed E-state index contributed by atoms with van der Waals surface area (Å²) in [6.07, 6.45) is 17.8. The van der Waals surface area contributed by atoms with Crippen LogP contribution in [0.4, 0.5) is 0 Å². The number of rotatable bonds is 11. The summed E-state index contributed by atoms with van der Waals surface area (Å²) in [5.41, 5.74) is 4.01. The number of likely N-dealkylation sites (tertiary alicyclic amines) is 1. The van der Waals surface area contributed by atoms with Gasteiger partial charge in [0.1, 0.15) is 0 Å². The lowest BCUT2D eigenvalue weighted by Crippen LogP contribution is -2.20. The van der Waals surface area contributed by atoms with Crippen LogP contribution < -0.4 is 0 Å². The van der Waals surface area contributed by atoms with Crippen molar-refractivity contribution in [2.45, 2.75) is 83.3 Å². The number of hydrogen-bond donors (Lipinski definition) is 2. The summed E-state index contributed by atoms with van der Waals surface area (Å²) in [5, 5.41) is 21.1. The predicted octanol–water partition coefficient (Wildman–Crippen LogP) is 5.44. The van der Waals surface area contributed by atoms with Gasteiger partial charge in [-0.15, -0.1) is 0 Å². The third-order valence-corrected chi connectivity index (χ3v) is 7.95. The molecule has 3 aliphatic rings. The standard InChI is InChI=1S/C29H43NO2/c1-22-9-8-11-23(17-22)19-26(31)12-13-27-28-20-24(18-25(28)21-29(27)32)10-4-2-3-5-14-30-15-6-7-16-30/h8-9,11-13,17-18,25-29,31-32H,2-7,10,14-16,19-21H2,1H3/t25-,26-,27+,28-,29+/m0/s1. The van der Waals surface area contributed by atoms with Crippen molar-refractivity contribution in [2.75, 3.05) is 19.6 Å². The second-order valence-corrected chi connectivity index (χ2v) is 10.6. The van der Waals surface area contributed by atoms with Crippen LogP contribution in [0.5, 0.6) is 0 Å². The summed E-state index contributed by atoms with van der Waals surface area (Å²) >= 11 is 0. The van der Waals surface area contributed by atoms with Crippen LogP contribution in [0, 0.1) is 24.7 Å². The van der Waals surface area contributed by atoms with E-state index in [1.165, 1.54) is 70.1 Å². The molecule has 1 aromatic carbocycles. The highest BCUT2D eigenvalue weighted by Gasteiger charge is 2.43. The van der Waals surface area contributed by atoms with Crippen molar-refractivity contribution in [3.05, 3.63) is 59.2 Å². The maximum Gasteiger partial charge on any atom is 0.0761 e. The first kappa shape index (κ1) is 23.7. The molecule has 1 saturated carbocycles. The molecular formula is C29H43NO2. The van der Waals surface area contributed by atoms with Crippen LogP contribution in [0.25, 0.3) is 0 Å². The first-order valence-corrected chi connectivity index (χ1v) is 13.1. The minimum atomic E-state index is -0.488. The van der Waals surface area contributed by atoms with Gasteiger partial charge in [-0.3, -0.25) is 0 Å². The average Bonchev–Trinajstić information content (AvgIpc) is 3.46. The Morgan fingerprint density at radius 1 is 1.12 bits per heavy atom. The Morgan fingerprint density at radius 3 is 2.75 bits per heavy atom. The van der Waals surface area contributed by atoms with E-state index < -0.39 is 6.10 Å². The van der Waals surface area contributed by atoms with Crippen molar-refractivity contribution in [3.8, 4) is 0 Å².